The summed E-state index contributed by atoms with van der Waals surface area (Å²) in [4.78, 5) is 45.0. The van der Waals surface area contributed by atoms with Crippen LogP contribution in [-0.4, -0.2) is 37.5 Å². The molecule has 276 valence electrons. The molecule has 0 unspecified atom stereocenters. The van der Waals surface area contributed by atoms with E-state index in [0.717, 1.165) is 32.2 Å². The zero-order chi connectivity index (χ0) is 38.9. The average molecular weight is 954 g/mol. The number of ether oxygens (including phenoxy) is 1. The van der Waals surface area contributed by atoms with Gasteiger partial charge in [0.05, 0.1) is 11.0 Å². The normalized spacial score (nSPS) is 12.3. The van der Waals surface area contributed by atoms with E-state index in [1.165, 1.54) is 18.2 Å². The second-order valence-electron chi connectivity index (χ2n) is 12.4. The first-order valence-corrected chi connectivity index (χ1v) is 19.2. The van der Waals surface area contributed by atoms with Crippen molar-refractivity contribution in [1.29, 1.82) is 0 Å². The van der Waals surface area contributed by atoms with Gasteiger partial charge >= 0.3 is 116 Å². The van der Waals surface area contributed by atoms with Crippen molar-refractivity contribution in [2.45, 2.75) is 77.4 Å². The molecule has 16 heteroatoms. The van der Waals surface area contributed by atoms with Crippen LogP contribution in [0.4, 0.5) is 31.1 Å². The number of carbonyl (C=O) groups excluding carboxylic acids is 4. The summed E-state index contributed by atoms with van der Waals surface area (Å²) in [7, 11) is 0. The van der Waals surface area contributed by atoms with Gasteiger partial charge in [-0.15, -0.1) is 0 Å². The molecule has 0 aliphatic rings. The molecule has 3 aromatic carbocycles. The Balaban J connectivity index is 0.000000382. The van der Waals surface area contributed by atoms with Crippen molar-refractivity contribution in [2.75, 3.05) is 0 Å². The van der Waals surface area contributed by atoms with Crippen LogP contribution < -0.4 is 11.1 Å². The van der Waals surface area contributed by atoms with E-state index in [0.29, 0.717) is 0 Å². The summed E-state index contributed by atoms with van der Waals surface area (Å²) in [6.07, 6.45) is -11.3. The second-order valence-corrected chi connectivity index (χ2v) is 19.0. The number of carbonyl (C=O) groups is 4. The fraction of sp³-hybridized carbons (Fsp3) is 0.353. The summed E-state index contributed by atoms with van der Waals surface area (Å²) in [6.45, 7) is 13.1. The van der Waals surface area contributed by atoms with Gasteiger partial charge in [-0.3, -0.25) is 4.79 Å². The summed E-state index contributed by atoms with van der Waals surface area (Å²) in [5.74, 6) is -0.310. The van der Waals surface area contributed by atoms with Crippen LogP contribution >= 0.6 is 51.7 Å². The van der Waals surface area contributed by atoms with Crippen molar-refractivity contribution < 1.29 is 50.3 Å². The molecule has 0 saturated heterocycles. The van der Waals surface area contributed by atoms with E-state index in [2.05, 4.69) is 37.2 Å². The third kappa shape index (κ3) is 14.7. The number of hydrogen-bond donors (Lipinski definition) is 2. The van der Waals surface area contributed by atoms with Crippen molar-refractivity contribution in [1.82, 2.24) is 5.32 Å². The van der Waals surface area contributed by atoms with Gasteiger partial charge in [-0.05, 0) is 83.9 Å². The number of benzene rings is 3. The van der Waals surface area contributed by atoms with E-state index in [1.807, 2.05) is 97.0 Å². The van der Waals surface area contributed by atoms with Crippen molar-refractivity contribution in [2.24, 2.45) is 5.73 Å². The first-order chi connectivity index (χ1) is 22.6. The first-order valence-electron chi connectivity index (χ1n) is 14.4. The minimum absolute atomic E-state index is 0.310. The Kier molecular flexibility index (Phi) is 16.2. The summed E-state index contributed by atoms with van der Waals surface area (Å²) < 4.78 is 75.4. The van der Waals surface area contributed by atoms with Gasteiger partial charge in [0.25, 0.3) is 0 Å². The van der Waals surface area contributed by atoms with Crippen LogP contribution in [-0.2, 0) is 30.1 Å². The van der Waals surface area contributed by atoms with E-state index in [-0.39, 0.29) is 5.91 Å². The molecule has 0 fully saturated rings. The Hall–Kier alpha value is -2.99. The van der Waals surface area contributed by atoms with Crippen molar-refractivity contribution in [3.8, 4) is 0 Å². The number of amides is 2. The molecule has 3 aromatic rings. The number of nitrogens with two attached hydrogens (primary N) is 1. The standard InChI is InChI=1S/C14H20BrNO2.C10H12BrNO.C10H5F6IO2/c1-13(2,3)18-12(17)16-14(4,5)10-6-8-11(15)9-7-10;1-10(2,9(12)13)7-3-5-8(11)6-4-7;11-9(12,13)7(18)17(8(19)10(14,15)16)6-4-2-1-3-5-6/h6-9H,1-5H3,(H,16,17);3-6H,1-2H3,(H2,12,13);1-5H. The van der Waals surface area contributed by atoms with E-state index >= 15 is 0 Å². The van der Waals surface area contributed by atoms with Gasteiger partial charge in [-0.25, -0.2) is 4.79 Å². The van der Waals surface area contributed by atoms with Crippen molar-refractivity contribution in [3.63, 3.8) is 0 Å². The summed E-state index contributed by atoms with van der Waals surface area (Å²) in [6, 6.07) is 21.0. The van der Waals surface area contributed by atoms with Crippen LogP contribution in [0.5, 0.6) is 0 Å². The number of alkyl carbamates (subject to hydrolysis) is 1. The van der Waals surface area contributed by atoms with Gasteiger partial charge < -0.3 is 15.8 Å². The molecule has 50 heavy (non-hydrogen) atoms. The zero-order valence-corrected chi connectivity index (χ0v) is 33.4. The predicted molar refractivity (Wildman–Crippen MR) is 194 cm³/mol. The molecule has 2 amide bonds. The monoisotopic (exact) mass is 952 g/mol. The molecular formula is C34H37Br2F6IN2O5. The molecule has 3 N–H and O–H groups in total. The van der Waals surface area contributed by atoms with Crippen LogP contribution in [0.15, 0.2) is 87.8 Å². The maximum absolute atomic E-state index is 12.3. The maximum atomic E-state index is 12.3. The average Bonchev–Trinajstić information content (AvgIpc) is 2.96. The Labute approximate surface area is 310 Å². The summed E-state index contributed by atoms with van der Waals surface area (Å²) >= 11 is 1.96. The molecule has 0 radical (unpaired) electrons. The summed E-state index contributed by atoms with van der Waals surface area (Å²) in [5.41, 5.74) is 5.70. The van der Waals surface area contributed by atoms with Crippen LogP contribution in [0.25, 0.3) is 0 Å². The van der Waals surface area contributed by atoms with Gasteiger partial charge in [-0.2, -0.15) is 0 Å². The molecule has 0 bridgehead atoms. The number of alkyl halides is 6. The SMILES string of the molecule is CC(C)(C(N)=O)c1ccc(Br)cc1.CC(C)(C)OC(=O)NC(C)(C)c1ccc(Br)cc1.O=C(I(C(=O)C(F)(F)F)c1ccccc1)C(F)(F)F. The molecule has 3 rings (SSSR count). The molecule has 0 atom stereocenters. The van der Waals surface area contributed by atoms with E-state index in [1.54, 1.807) is 0 Å². The van der Waals surface area contributed by atoms with Crippen LogP contribution in [0.2, 0.25) is 0 Å². The molecule has 0 heterocycles. The van der Waals surface area contributed by atoms with Crippen molar-refractivity contribution in [3.05, 3.63) is 103 Å². The fourth-order valence-corrected chi connectivity index (χ4v) is 8.00. The van der Waals surface area contributed by atoms with Crippen molar-refractivity contribution >= 4 is 71.3 Å². The van der Waals surface area contributed by atoms with Gasteiger partial charge in [0.15, 0.2) is 0 Å². The van der Waals surface area contributed by atoms with Gasteiger partial charge in [0, 0.05) is 8.95 Å². The number of primary amides is 1. The summed E-state index contributed by atoms with van der Waals surface area (Å²) in [5, 5.41) is 2.87. The Morgan fingerprint density at radius 3 is 1.36 bits per heavy atom. The third-order valence-corrected chi connectivity index (χ3v) is 12.5. The van der Waals surface area contributed by atoms with Gasteiger partial charge in [-0.1, -0.05) is 56.1 Å². The topological polar surface area (TPSA) is 116 Å². The number of rotatable bonds is 7. The molecular weight excluding hydrogens is 917 g/mol. The molecule has 0 saturated carbocycles. The molecule has 0 aromatic heterocycles. The van der Waals surface area contributed by atoms with E-state index in [4.69, 9.17) is 10.5 Å². The van der Waals surface area contributed by atoms with E-state index in [9.17, 15) is 45.5 Å². The predicted octanol–water partition coefficient (Wildman–Crippen LogP) is 9.96. The van der Waals surface area contributed by atoms with Gasteiger partial charge in [0.1, 0.15) is 5.60 Å². The number of halogens is 9. The van der Waals surface area contributed by atoms with Crippen LogP contribution in [0.3, 0.4) is 0 Å². The number of nitrogens with one attached hydrogen (secondary N) is 1. The second kappa shape index (κ2) is 18.0. The zero-order valence-electron chi connectivity index (χ0n) is 28.0. The Morgan fingerprint density at radius 1 is 0.640 bits per heavy atom. The van der Waals surface area contributed by atoms with Gasteiger partial charge in [0.2, 0.25) is 5.91 Å². The Morgan fingerprint density at radius 2 is 1.02 bits per heavy atom. The number of hydrogen-bond acceptors (Lipinski definition) is 5. The molecule has 0 aliphatic carbocycles. The van der Waals surface area contributed by atoms with Crippen LogP contribution in [0.1, 0.15) is 59.6 Å². The Bertz CT molecular complexity index is 1580. The fourth-order valence-electron chi connectivity index (χ4n) is 3.54. The molecule has 0 spiro atoms. The quantitative estimate of drug-likeness (QED) is 0.139. The van der Waals surface area contributed by atoms with E-state index < -0.39 is 66.0 Å². The molecule has 7 nitrogen and oxygen atoms in total. The first kappa shape index (κ1) is 45.0. The minimum atomic E-state index is -5.46. The van der Waals surface area contributed by atoms with Crippen LogP contribution in [0, 0.1) is 3.57 Å². The molecule has 0 aliphatic heterocycles. The third-order valence-electron chi connectivity index (χ3n) is 6.30.